The van der Waals surface area contributed by atoms with Gasteiger partial charge in [-0.05, 0) is 24.1 Å². The van der Waals surface area contributed by atoms with E-state index in [2.05, 4.69) is 0 Å². The van der Waals surface area contributed by atoms with E-state index in [4.69, 9.17) is 37.1 Å². The van der Waals surface area contributed by atoms with E-state index in [-0.39, 0.29) is 23.5 Å². The molecule has 150 valence electrons. The number of carboxylic acid groups (broad SMARTS) is 2. The maximum Gasteiger partial charge on any atom is 0.414 e. The standard InChI is InChI=1S/C18H21NO3.C2H2O4/c19-12-15(20)13-22-18-9-5-4-8-16(18)17(21)11-10-14-6-2-1-3-7-14;3-1(4)2(5)6/h1-9,15,20H,10-13,19H2;(H,3,4)(H,5,6)/i12D2,13D2,15D;. The maximum atomic E-state index is 12.6. The molecule has 0 saturated carbocycles. The normalized spacial score (nSPS) is 15.7. The average Bonchev–Trinajstić information content (AvgIpc) is 2.72. The molecule has 0 radical (unpaired) electrons. The van der Waals surface area contributed by atoms with Gasteiger partial charge in [0.25, 0.3) is 0 Å². The molecule has 28 heavy (non-hydrogen) atoms. The van der Waals surface area contributed by atoms with Crippen LogP contribution in [0.25, 0.3) is 0 Å². The Hall–Kier alpha value is -3.23. The molecule has 0 aliphatic heterocycles. The van der Waals surface area contributed by atoms with Crippen molar-refractivity contribution in [3.05, 3.63) is 65.7 Å². The van der Waals surface area contributed by atoms with Gasteiger partial charge in [-0.3, -0.25) is 4.79 Å². The van der Waals surface area contributed by atoms with Crippen LogP contribution in [0.1, 0.15) is 29.2 Å². The smallest absolute Gasteiger partial charge is 0.414 e. The van der Waals surface area contributed by atoms with E-state index in [9.17, 15) is 9.90 Å². The van der Waals surface area contributed by atoms with Crippen molar-refractivity contribution < 1.29 is 41.3 Å². The molecule has 5 N–H and O–H groups in total. The van der Waals surface area contributed by atoms with Crippen molar-refractivity contribution >= 4 is 17.7 Å². The molecule has 0 spiro atoms. The third-order valence-corrected chi connectivity index (χ3v) is 3.25. The largest absolute Gasteiger partial charge is 0.490 e. The molecule has 8 nitrogen and oxygen atoms in total. The van der Waals surface area contributed by atoms with Gasteiger partial charge in [0.1, 0.15) is 18.4 Å². The second-order valence-electron chi connectivity index (χ2n) is 5.21. The van der Waals surface area contributed by atoms with Gasteiger partial charge < -0.3 is 25.8 Å². The Kier molecular flexibility index (Phi) is 6.89. The summed E-state index contributed by atoms with van der Waals surface area (Å²) < 4.78 is 42.7. The molecular weight excluding hydrogens is 366 g/mol. The molecule has 1 atom stereocenters. The topological polar surface area (TPSA) is 147 Å². The van der Waals surface area contributed by atoms with Gasteiger partial charge in [0.15, 0.2) is 5.78 Å². The lowest BCUT2D eigenvalue weighted by Gasteiger charge is -2.13. The molecule has 8 heteroatoms. The molecular formula is C20H23NO7. The first-order valence-electron chi connectivity index (χ1n) is 10.4. The van der Waals surface area contributed by atoms with Gasteiger partial charge in [-0.15, -0.1) is 0 Å². The number of aliphatic hydroxyl groups is 1. The van der Waals surface area contributed by atoms with Gasteiger partial charge in [0.2, 0.25) is 0 Å². The number of hydrogen-bond donors (Lipinski definition) is 4. The number of hydrogen-bond acceptors (Lipinski definition) is 6. The highest BCUT2D eigenvalue weighted by molar-refractivity contribution is 6.27. The van der Waals surface area contributed by atoms with Gasteiger partial charge in [-0.1, -0.05) is 42.5 Å². The van der Waals surface area contributed by atoms with Crippen molar-refractivity contribution in [1.82, 2.24) is 0 Å². The fourth-order valence-corrected chi connectivity index (χ4v) is 1.96. The van der Waals surface area contributed by atoms with Crippen LogP contribution in [0.15, 0.2) is 54.6 Å². The number of Topliss-reactive ketones (excluding diaryl/α,β-unsaturated/α-hetero) is 1. The number of ether oxygens (including phenoxy) is 1. The number of aryl methyl sites for hydroxylation is 1. The lowest BCUT2D eigenvalue weighted by molar-refractivity contribution is -0.159. The molecule has 2 rings (SSSR count). The van der Waals surface area contributed by atoms with Crippen LogP contribution >= 0.6 is 0 Å². The average molecular weight is 394 g/mol. The molecule has 0 aliphatic rings. The number of rotatable bonds is 8. The molecule has 0 aliphatic carbocycles. The zero-order valence-corrected chi connectivity index (χ0v) is 14.7. The van der Waals surface area contributed by atoms with Crippen LogP contribution in [0.3, 0.4) is 0 Å². The van der Waals surface area contributed by atoms with Crippen molar-refractivity contribution in [3.63, 3.8) is 0 Å². The Morgan fingerprint density at radius 1 is 1.04 bits per heavy atom. The van der Waals surface area contributed by atoms with Crippen LogP contribution in [0.2, 0.25) is 0 Å². The number of carbonyl (C=O) groups is 3. The Bertz CT molecular complexity index is 966. The summed E-state index contributed by atoms with van der Waals surface area (Å²) in [5.41, 5.74) is 6.12. The summed E-state index contributed by atoms with van der Waals surface area (Å²) in [6, 6.07) is 15.2. The van der Waals surface area contributed by atoms with Crippen LogP contribution in [-0.2, 0) is 16.0 Å². The van der Waals surface area contributed by atoms with E-state index in [1.165, 1.54) is 18.2 Å². The zero-order valence-electron chi connectivity index (χ0n) is 19.7. The molecule has 0 fully saturated rings. The summed E-state index contributed by atoms with van der Waals surface area (Å²) in [4.78, 5) is 30.8. The van der Waals surface area contributed by atoms with E-state index in [1.54, 1.807) is 6.07 Å². The monoisotopic (exact) mass is 394 g/mol. The van der Waals surface area contributed by atoms with E-state index < -0.39 is 31.1 Å². The lowest BCUT2D eigenvalue weighted by atomic mass is 10.0. The summed E-state index contributed by atoms with van der Waals surface area (Å²) >= 11 is 0. The summed E-state index contributed by atoms with van der Waals surface area (Å²) in [6.07, 6.45) is -2.77. The first-order valence-corrected chi connectivity index (χ1v) is 7.93. The Morgan fingerprint density at radius 2 is 1.61 bits per heavy atom. The third-order valence-electron chi connectivity index (χ3n) is 3.25. The maximum absolute atomic E-state index is 12.6. The van der Waals surface area contributed by atoms with Crippen LogP contribution < -0.4 is 10.5 Å². The van der Waals surface area contributed by atoms with E-state index in [0.29, 0.717) is 6.42 Å². The number of benzene rings is 2. The lowest BCUT2D eigenvalue weighted by Crippen LogP contribution is -2.27. The Labute approximate surface area is 169 Å². The molecule has 0 aromatic heterocycles. The summed E-state index contributed by atoms with van der Waals surface area (Å²) in [7, 11) is 0. The van der Waals surface area contributed by atoms with Crippen LogP contribution in [0.5, 0.6) is 5.75 Å². The highest BCUT2D eigenvalue weighted by Crippen LogP contribution is 2.20. The predicted octanol–water partition coefficient (Wildman–Crippen LogP) is 1.36. The first kappa shape index (κ1) is 15.8. The fourth-order valence-electron chi connectivity index (χ4n) is 1.96. The number of para-hydroxylation sites is 1. The van der Waals surface area contributed by atoms with Gasteiger partial charge >= 0.3 is 11.9 Å². The molecule has 0 amide bonds. The first-order chi connectivity index (χ1) is 15.1. The summed E-state index contributed by atoms with van der Waals surface area (Å²) in [5.74, 6) is -4.16. The Morgan fingerprint density at radius 3 is 2.18 bits per heavy atom. The minimum absolute atomic E-state index is 0.0747. The van der Waals surface area contributed by atoms with Crippen molar-refractivity contribution in [1.29, 1.82) is 0 Å². The van der Waals surface area contributed by atoms with Crippen LogP contribution in [-0.4, -0.2) is 52.2 Å². The second-order valence-corrected chi connectivity index (χ2v) is 5.21. The molecule has 2 aromatic carbocycles. The third kappa shape index (κ3) is 8.43. The summed E-state index contributed by atoms with van der Waals surface area (Å²) in [6.45, 7) is -6.30. The zero-order chi connectivity index (χ0) is 25.4. The van der Waals surface area contributed by atoms with Gasteiger partial charge in [0, 0.05) is 15.7 Å². The quantitative estimate of drug-likeness (QED) is 0.387. The Balaban J connectivity index is 0.000000801. The minimum atomic E-state index is -3.40. The van der Waals surface area contributed by atoms with Crippen molar-refractivity contribution in [3.8, 4) is 5.75 Å². The van der Waals surface area contributed by atoms with Gasteiger partial charge in [-0.2, -0.15) is 0 Å². The van der Waals surface area contributed by atoms with Gasteiger partial charge in [-0.25, -0.2) is 9.59 Å². The van der Waals surface area contributed by atoms with E-state index in [1.807, 2.05) is 30.3 Å². The highest BCUT2D eigenvalue weighted by Gasteiger charge is 2.13. The van der Waals surface area contributed by atoms with Crippen LogP contribution in [0, 0.1) is 0 Å². The van der Waals surface area contributed by atoms with Crippen LogP contribution in [0.4, 0.5) is 0 Å². The molecule has 0 bridgehead atoms. The van der Waals surface area contributed by atoms with Crippen molar-refractivity contribution in [2.24, 2.45) is 5.73 Å². The molecule has 0 saturated heterocycles. The van der Waals surface area contributed by atoms with E-state index >= 15 is 0 Å². The molecule has 2 aromatic rings. The molecule has 0 heterocycles. The number of aliphatic carboxylic acids is 2. The fraction of sp³-hybridized carbons (Fsp3) is 0.250. The van der Waals surface area contributed by atoms with Crippen molar-refractivity contribution in [2.75, 3.05) is 13.1 Å². The number of nitrogens with two attached hydrogens (primary N) is 1. The second kappa shape index (κ2) is 12.2. The van der Waals surface area contributed by atoms with Crippen molar-refractivity contribution in [2.45, 2.75) is 18.9 Å². The predicted molar refractivity (Wildman–Crippen MR) is 101 cm³/mol. The SMILES string of the molecule is O=C(O)C(=O)O.[2H]C([2H])(N)C([2H])(O)C([2H])([2H])Oc1ccccc1C(=O)CCc1ccccc1. The minimum Gasteiger partial charge on any atom is -0.490 e. The number of ketones is 1. The van der Waals surface area contributed by atoms with Gasteiger partial charge in [0.05, 0.1) is 9.68 Å². The molecule has 1 unspecified atom stereocenters. The number of carboxylic acids is 2. The number of carbonyl (C=O) groups excluding carboxylic acids is 1. The summed E-state index contributed by atoms with van der Waals surface area (Å²) in [5, 5.41) is 24.7. The highest BCUT2D eigenvalue weighted by atomic mass is 16.5. The van der Waals surface area contributed by atoms with E-state index in [0.717, 1.165) is 5.56 Å².